The Morgan fingerprint density at radius 3 is 2.81 bits per heavy atom. The number of aryl methyl sites for hydroxylation is 1. The van der Waals surface area contributed by atoms with E-state index in [-0.39, 0.29) is 12.0 Å². The van der Waals surface area contributed by atoms with Crippen molar-refractivity contribution in [1.29, 1.82) is 0 Å². The SMILES string of the molecule is Cc1c(C(=O)N(C)C[C@@H]2Cc3ccccc3O2)ccn1C. The van der Waals surface area contributed by atoms with Crippen LogP contribution in [0.15, 0.2) is 36.5 Å². The quantitative estimate of drug-likeness (QED) is 0.867. The van der Waals surface area contributed by atoms with Crippen molar-refractivity contribution < 1.29 is 9.53 Å². The highest BCUT2D eigenvalue weighted by Crippen LogP contribution is 2.28. The van der Waals surface area contributed by atoms with Gasteiger partial charge in [0, 0.05) is 32.4 Å². The molecule has 3 rings (SSSR count). The summed E-state index contributed by atoms with van der Waals surface area (Å²) in [6.07, 6.45) is 2.82. The average Bonchev–Trinajstić information content (AvgIpc) is 3.02. The Morgan fingerprint density at radius 1 is 1.38 bits per heavy atom. The van der Waals surface area contributed by atoms with Gasteiger partial charge in [-0.1, -0.05) is 18.2 Å². The van der Waals surface area contributed by atoms with Crippen molar-refractivity contribution in [2.24, 2.45) is 7.05 Å². The van der Waals surface area contributed by atoms with Crippen molar-refractivity contribution in [2.75, 3.05) is 13.6 Å². The van der Waals surface area contributed by atoms with Crippen molar-refractivity contribution in [3.63, 3.8) is 0 Å². The second-order valence-electron chi connectivity index (χ2n) is 5.66. The fourth-order valence-electron chi connectivity index (χ4n) is 2.78. The summed E-state index contributed by atoms with van der Waals surface area (Å²) in [5.74, 6) is 0.992. The fraction of sp³-hybridized carbons (Fsp3) is 0.353. The molecule has 0 aliphatic carbocycles. The van der Waals surface area contributed by atoms with E-state index >= 15 is 0 Å². The van der Waals surface area contributed by atoms with Crippen molar-refractivity contribution >= 4 is 5.91 Å². The van der Waals surface area contributed by atoms with Crippen molar-refractivity contribution in [3.05, 3.63) is 53.3 Å². The Bertz CT molecular complexity index is 650. The normalized spacial score (nSPS) is 16.4. The number of aromatic nitrogens is 1. The molecular weight excluding hydrogens is 264 g/mol. The standard InChI is InChI=1S/C17H20N2O2/c1-12-15(8-9-18(12)2)17(20)19(3)11-14-10-13-6-4-5-7-16(13)21-14/h4-9,14H,10-11H2,1-3H3/t14-/m0/s1. The number of likely N-dealkylation sites (N-methyl/N-ethyl adjacent to an activating group) is 1. The molecule has 0 bridgehead atoms. The highest BCUT2D eigenvalue weighted by atomic mass is 16.5. The lowest BCUT2D eigenvalue weighted by Crippen LogP contribution is -2.36. The molecule has 110 valence electrons. The van der Waals surface area contributed by atoms with Crippen molar-refractivity contribution in [3.8, 4) is 5.75 Å². The predicted molar refractivity (Wildman–Crippen MR) is 81.7 cm³/mol. The maximum atomic E-state index is 12.5. The Labute approximate surface area is 124 Å². The van der Waals surface area contributed by atoms with Crippen molar-refractivity contribution in [2.45, 2.75) is 19.4 Å². The maximum Gasteiger partial charge on any atom is 0.255 e. The first kappa shape index (κ1) is 13.7. The average molecular weight is 284 g/mol. The number of nitrogens with zero attached hydrogens (tertiary/aromatic N) is 2. The third-order valence-electron chi connectivity index (χ3n) is 4.15. The van der Waals surface area contributed by atoms with Crippen LogP contribution >= 0.6 is 0 Å². The van der Waals surface area contributed by atoms with Gasteiger partial charge in [0.15, 0.2) is 0 Å². The second kappa shape index (κ2) is 5.28. The van der Waals surface area contributed by atoms with Gasteiger partial charge in [-0.15, -0.1) is 0 Å². The molecule has 21 heavy (non-hydrogen) atoms. The number of para-hydroxylation sites is 1. The van der Waals surface area contributed by atoms with Crippen LogP contribution in [0.4, 0.5) is 0 Å². The van der Waals surface area contributed by atoms with E-state index in [1.807, 2.05) is 56.0 Å². The Balaban J connectivity index is 1.67. The summed E-state index contributed by atoms with van der Waals surface area (Å²) in [4.78, 5) is 14.2. The number of hydrogen-bond acceptors (Lipinski definition) is 2. The summed E-state index contributed by atoms with van der Waals surface area (Å²) in [5.41, 5.74) is 2.97. The lowest BCUT2D eigenvalue weighted by molar-refractivity contribution is 0.0729. The first-order valence-corrected chi connectivity index (χ1v) is 7.18. The molecule has 1 aromatic heterocycles. The van der Waals surface area contributed by atoms with E-state index in [1.54, 1.807) is 4.90 Å². The molecule has 0 spiro atoms. The highest BCUT2D eigenvalue weighted by Gasteiger charge is 2.26. The number of carbonyl (C=O) groups is 1. The van der Waals surface area contributed by atoms with Crippen LogP contribution in [0.25, 0.3) is 0 Å². The number of ether oxygens (including phenoxy) is 1. The number of fused-ring (bicyclic) bond motifs is 1. The van der Waals surface area contributed by atoms with Gasteiger partial charge in [0.25, 0.3) is 5.91 Å². The van der Waals surface area contributed by atoms with Crippen LogP contribution in [-0.4, -0.2) is 35.1 Å². The van der Waals surface area contributed by atoms with Gasteiger partial charge in [0.05, 0.1) is 12.1 Å². The first-order chi connectivity index (χ1) is 10.1. The van der Waals surface area contributed by atoms with E-state index in [0.29, 0.717) is 6.54 Å². The molecule has 0 saturated carbocycles. The van der Waals surface area contributed by atoms with E-state index in [4.69, 9.17) is 4.74 Å². The molecule has 0 radical (unpaired) electrons. The lowest BCUT2D eigenvalue weighted by Gasteiger charge is -2.21. The minimum Gasteiger partial charge on any atom is -0.488 e. The highest BCUT2D eigenvalue weighted by molar-refractivity contribution is 5.95. The molecule has 1 amide bonds. The van der Waals surface area contributed by atoms with Crippen LogP contribution in [0.1, 0.15) is 21.6 Å². The molecule has 1 aromatic carbocycles. The van der Waals surface area contributed by atoms with Crippen LogP contribution in [0.2, 0.25) is 0 Å². The number of benzene rings is 1. The molecule has 0 fully saturated rings. The smallest absolute Gasteiger partial charge is 0.255 e. The monoisotopic (exact) mass is 284 g/mol. The van der Waals surface area contributed by atoms with E-state index < -0.39 is 0 Å². The molecule has 2 heterocycles. The van der Waals surface area contributed by atoms with Gasteiger partial charge in [0.2, 0.25) is 0 Å². The summed E-state index contributed by atoms with van der Waals surface area (Å²) in [6.45, 7) is 2.56. The Kier molecular flexibility index (Phi) is 3.45. The molecule has 0 N–H and O–H groups in total. The molecule has 2 aromatic rings. The zero-order valence-electron chi connectivity index (χ0n) is 12.7. The lowest BCUT2D eigenvalue weighted by atomic mass is 10.1. The van der Waals surface area contributed by atoms with Gasteiger partial charge in [-0.2, -0.15) is 0 Å². The summed E-state index contributed by atoms with van der Waals surface area (Å²) >= 11 is 0. The summed E-state index contributed by atoms with van der Waals surface area (Å²) in [5, 5.41) is 0. The zero-order chi connectivity index (χ0) is 15.0. The first-order valence-electron chi connectivity index (χ1n) is 7.18. The van der Waals surface area contributed by atoms with Crippen LogP contribution in [-0.2, 0) is 13.5 Å². The third kappa shape index (κ3) is 2.53. The molecule has 0 unspecified atom stereocenters. The Morgan fingerprint density at radius 2 is 2.14 bits per heavy atom. The molecule has 1 aliphatic rings. The maximum absolute atomic E-state index is 12.5. The van der Waals surface area contributed by atoms with E-state index in [1.165, 1.54) is 5.56 Å². The number of amides is 1. The molecular formula is C17H20N2O2. The molecule has 1 atom stereocenters. The van der Waals surface area contributed by atoms with Gasteiger partial charge in [-0.05, 0) is 24.6 Å². The van der Waals surface area contributed by atoms with Gasteiger partial charge in [0.1, 0.15) is 11.9 Å². The van der Waals surface area contributed by atoms with Gasteiger partial charge >= 0.3 is 0 Å². The summed E-state index contributed by atoms with van der Waals surface area (Å²) in [7, 11) is 3.78. The van der Waals surface area contributed by atoms with Crippen LogP contribution in [0.3, 0.4) is 0 Å². The summed E-state index contributed by atoms with van der Waals surface area (Å²) in [6, 6.07) is 9.94. The minimum absolute atomic E-state index is 0.0420. The van der Waals surface area contributed by atoms with Crippen LogP contribution in [0.5, 0.6) is 5.75 Å². The molecule has 1 aliphatic heterocycles. The van der Waals surface area contributed by atoms with Gasteiger partial charge in [-0.25, -0.2) is 0 Å². The topological polar surface area (TPSA) is 34.5 Å². The number of hydrogen-bond donors (Lipinski definition) is 0. The third-order valence-corrected chi connectivity index (χ3v) is 4.15. The van der Waals surface area contributed by atoms with Gasteiger partial charge in [-0.3, -0.25) is 4.79 Å². The van der Waals surface area contributed by atoms with E-state index in [2.05, 4.69) is 6.07 Å². The zero-order valence-corrected chi connectivity index (χ0v) is 12.7. The van der Waals surface area contributed by atoms with Gasteiger partial charge < -0.3 is 14.2 Å². The van der Waals surface area contributed by atoms with Crippen molar-refractivity contribution in [1.82, 2.24) is 9.47 Å². The minimum atomic E-state index is 0.0420. The second-order valence-corrected chi connectivity index (χ2v) is 5.66. The van der Waals surface area contributed by atoms with Crippen LogP contribution < -0.4 is 4.74 Å². The van der Waals surface area contributed by atoms with E-state index in [0.717, 1.165) is 23.4 Å². The Hall–Kier alpha value is -2.23. The molecule has 0 saturated heterocycles. The fourth-order valence-corrected chi connectivity index (χ4v) is 2.78. The predicted octanol–water partition coefficient (Wildman–Crippen LogP) is 2.41. The van der Waals surface area contributed by atoms with Crippen LogP contribution in [0, 0.1) is 6.92 Å². The number of rotatable bonds is 3. The molecule has 4 heteroatoms. The largest absolute Gasteiger partial charge is 0.488 e. The number of carbonyl (C=O) groups excluding carboxylic acids is 1. The molecule has 4 nitrogen and oxygen atoms in total. The van der Waals surface area contributed by atoms with E-state index in [9.17, 15) is 4.79 Å². The summed E-state index contributed by atoms with van der Waals surface area (Å²) < 4.78 is 7.86.